The van der Waals surface area contributed by atoms with E-state index in [9.17, 15) is 4.79 Å². The summed E-state index contributed by atoms with van der Waals surface area (Å²) in [5.74, 6) is 1.63. The molecule has 6 nitrogen and oxygen atoms in total. The number of halogens is 1. The number of aromatic nitrogens is 2. The van der Waals surface area contributed by atoms with Gasteiger partial charge in [-0.2, -0.15) is 15.0 Å². The van der Waals surface area contributed by atoms with Gasteiger partial charge in [-0.25, -0.2) is 4.98 Å². The second-order valence-electron chi connectivity index (χ2n) is 6.07. The van der Waals surface area contributed by atoms with Crippen molar-refractivity contribution in [1.29, 1.82) is 5.26 Å². The summed E-state index contributed by atoms with van der Waals surface area (Å²) in [4.78, 5) is 17.2. The van der Waals surface area contributed by atoms with Crippen LogP contribution >= 0.6 is 15.9 Å². The largest absolute Gasteiger partial charge is 0.455 e. The zero-order valence-corrected chi connectivity index (χ0v) is 16.3. The van der Waals surface area contributed by atoms with Crippen LogP contribution < -0.4 is 5.56 Å². The van der Waals surface area contributed by atoms with Crippen LogP contribution in [0.2, 0.25) is 0 Å². The third kappa shape index (κ3) is 3.38. The van der Waals surface area contributed by atoms with Gasteiger partial charge in [0, 0.05) is 10.0 Å². The van der Waals surface area contributed by atoms with Gasteiger partial charge in [0.1, 0.15) is 17.3 Å². The van der Waals surface area contributed by atoms with E-state index in [1.165, 1.54) is 10.9 Å². The predicted octanol–water partition coefficient (Wildman–Crippen LogP) is 4.48. The van der Waals surface area contributed by atoms with E-state index >= 15 is 0 Å². The smallest absolute Gasteiger partial charge is 0.282 e. The van der Waals surface area contributed by atoms with E-state index in [1.54, 1.807) is 37.3 Å². The molecule has 4 rings (SSSR count). The first-order chi connectivity index (χ1) is 13.5. The van der Waals surface area contributed by atoms with E-state index in [2.05, 4.69) is 32.1 Å². The molecule has 0 spiro atoms. The third-order valence-electron chi connectivity index (χ3n) is 4.20. The monoisotopic (exact) mass is 432 g/mol. The number of benzene rings is 2. The lowest BCUT2D eigenvalue weighted by atomic mass is 10.1. The molecular weight excluding hydrogens is 420 g/mol. The molecule has 0 saturated carbocycles. The van der Waals surface area contributed by atoms with Crippen LogP contribution in [0.3, 0.4) is 0 Å². The molecular formula is C21H13BrN4O2. The molecule has 0 fully saturated rings. The van der Waals surface area contributed by atoms with E-state index in [4.69, 9.17) is 9.68 Å². The fourth-order valence-corrected chi connectivity index (χ4v) is 3.16. The van der Waals surface area contributed by atoms with Crippen molar-refractivity contribution in [2.24, 2.45) is 5.10 Å². The van der Waals surface area contributed by atoms with Gasteiger partial charge in [-0.1, -0.05) is 15.9 Å². The summed E-state index contributed by atoms with van der Waals surface area (Å²) in [5.41, 5.74) is 1.81. The molecule has 0 amide bonds. The van der Waals surface area contributed by atoms with Gasteiger partial charge in [0.25, 0.3) is 5.56 Å². The van der Waals surface area contributed by atoms with E-state index < -0.39 is 0 Å². The Morgan fingerprint density at radius 2 is 1.96 bits per heavy atom. The minimum absolute atomic E-state index is 0.251. The van der Waals surface area contributed by atoms with Gasteiger partial charge in [-0.3, -0.25) is 4.79 Å². The van der Waals surface area contributed by atoms with Crippen LogP contribution in [0.25, 0.3) is 22.2 Å². The van der Waals surface area contributed by atoms with E-state index in [-0.39, 0.29) is 5.56 Å². The van der Waals surface area contributed by atoms with Crippen LogP contribution in [0.5, 0.6) is 0 Å². The molecule has 0 bridgehead atoms. The molecule has 4 aromatic rings. The lowest BCUT2D eigenvalue weighted by molar-refractivity contribution is 0.573. The molecule has 0 N–H and O–H groups in total. The van der Waals surface area contributed by atoms with Gasteiger partial charge in [0.2, 0.25) is 0 Å². The average Bonchev–Trinajstić information content (AvgIpc) is 3.17. The Morgan fingerprint density at radius 1 is 1.18 bits per heavy atom. The van der Waals surface area contributed by atoms with Crippen molar-refractivity contribution >= 4 is 33.0 Å². The Kier molecular flexibility index (Phi) is 4.63. The van der Waals surface area contributed by atoms with Gasteiger partial charge < -0.3 is 4.42 Å². The molecule has 0 saturated heterocycles. The number of nitriles is 1. The van der Waals surface area contributed by atoms with Crippen LogP contribution in [0, 0.1) is 18.3 Å². The second kappa shape index (κ2) is 7.25. The van der Waals surface area contributed by atoms with Crippen molar-refractivity contribution in [3.05, 3.63) is 86.6 Å². The van der Waals surface area contributed by atoms with Gasteiger partial charge in [0.15, 0.2) is 0 Å². The second-order valence-corrected chi connectivity index (χ2v) is 6.99. The van der Waals surface area contributed by atoms with Crippen molar-refractivity contribution in [3.63, 3.8) is 0 Å². The summed E-state index contributed by atoms with van der Waals surface area (Å²) in [6.45, 7) is 1.73. The minimum Gasteiger partial charge on any atom is -0.455 e. The Morgan fingerprint density at radius 3 is 2.71 bits per heavy atom. The highest BCUT2D eigenvalue weighted by molar-refractivity contribution is 9.10. The Labute approximate surface area is 168 Å². The zero-order chi connectivity index (χ0) is 19.7. The first kappa shape index (κ1) is 17.9. The Hall–Kier alpha value is -3.50. The molecule has 0 radical (unpaired) electrons. The lowest BCUT2D eigenvalue weighted by Crippen LogP contribution is -2.20. The Balaban J connectivity index is 1.67. The number of aryl methyl sites for hydroxylation is 1. The van der Waals surface area contributed by atoms with Crippen molar-refractivity contribution in [3.8, 4) is 17.4 Å². The number of furan rings is 1. The highest BCUT2D eigenvalue weighted by Gasteiger charge is 2.08. The van der Waals surface area contributed by atoms with Crippen molar-refractivity contribution in [1.82, 2.24) is 9.66 Å². The maximum atomic E-state index is 12.7. The van der Waals surface area contributed by atoms with Gasteiger partial charge in [0.05, 0.1) is 28.8 Å². The van der Waals surface area contributed by atoms with Gasteiger partial charge in [-0.15, -0.1) is 0 Å². The maximum Gasteiger partial charge on any atom is 0.282 e. The SMILES string of the molecule is Cc1nc2ccc(Br)cc2c(=O)n1N=Cc1ccc(-c2ccc(C#N)cc2)o1. The molecule has 0 atom stereocenters. The standard InChI is InChI=1S/C21H13BrN4O2/c1-13-25-19-8-6-16(22)10-18(19)21(27)26(13)24-12-17-7-9-20(28-17)15-4-2-14(11-23)3-5-15/h2-10,12H,1H3. The summed E-state index contributed by atoms with van der Waals surface area (Å²) < 4.78 is 7.83. The Bertz CT molecular complexity index is 1310. The summed E-state index contributed by atoms with van der Waals surface area (Å²) in [7, 11) is 0. The van der Waals surface area contributed by atoms with Crippen LogP contribution in [0.4, 0.5) is 0 Å². The molecule has 0 unspecified atom stereocenters. The minimum atomic E-state index is -0.251. The fraction of sp³-hybridized carbons (Fsp3) is 0.0476. The zero-order valence-electron chi connectivity index (χ0n) is 14.8. The molecule has 28 heavy (non-hydrogen) atoms. The number of hydrogen-bond acceptors (Lipinski definition) is 5. The number of fused-ring (bicyclic) bond motifs is 1. The van der Waals surface area contributed by atoms with Crippen molar-refractivity contribution in [2.45, 2.75) is 6.92 Å². The van der Waals surface area contributed by atoms with Crippen LogP contribution in [0.15, 0.2) is 73.4 Å². The number of nitrogens with zero attached hydrogens (tertiary/aromatic N) is 4. The third-order valence-corrected chi connectivity index (χ3v) is 4.69. The highest BCUT2D eigenvalue weighted by Crippen LogP contribution is 2.22. The van der Waals surface area contributed by atoms with E-state index in [0.29, 0.717) is 33.8 Å². The number of rotatable bonds is 3. The van der Waals surface area contributed by atoms with Crippen LogP contribution in [-0.2, 0) is 0 Å². The highest BCUT2D eigenvalue weighted by atomic mass is 79.9. The van der Waals surface area contributed by atoms with Crippen LogP contribution in [0.1, 0.15) is 17.1 Å². The molecule has 0 aliphatic rings. The van der Waals surface area contributed by atoms with Gasteiger partial charge in [-0.05, 0) is 61.5 Å². The fourth-order valence-electron chi connectivity index (χ4n) is 2.80. The average molecular weight is 433 g/mol. The molecule has 136 valence electrons. The summed E-state index contributed by atoms with van der Waals surface area (Å²) in [6.07, 6.45) is 1.48. The van der Waals surface area contributed by atoms with E-state index in [0.717, 1.165) is 10.0 Å². The number of hydrogen-bond donors (Lipinski definition) is 0. The molecule has 7 heteroatoms. The van der Waals surface area contributed by atoms with Crippen LogP contribution in [-0.4, -0.2) is 15.9 Å². The van der Waals surface area contributed by atoms with Gasteiger partial charge >= 0.3 is 0 Å². The van der Waals surface area contributed by atoms with E-state index in [1.807, 2.05) is 24.3 Å². The van der Waals surface area contributed by atoms with Crippen molar-refractivity contribution < 1.29 is 4.42 Å². The lowest BCUT2D eigenvalue weighted by Gasteiger charge is -2.05. The molecule has 0 aliphatic carbocycles. The summed E-state index contributed by atoms with van der Waals surface area (Å²) >= 11 is 3.37. The first-order valence-electron chi connectivity index (χ1n) is 8.39. The van der Waals surface area contributed by atoms with Crippen molar-refractivity contribution in [2.75, 3.05) is 0 Å². The molecule has 2 heterocycles. The summed E-state index contributed by atoms with van der Waals surface area (Å²) in [5, 5.41) is 13.6. The first-order valence-corrected chi connectivity index (χ1v) is 9.18. The quantitative estimate of drug-likeness (QED) is 0.446. The molecule has 2 aromatic heterocycles. The maximum absolute atomic E-state index is 12.7. The summed E-state index contributed by atoms with van der Waals surface area (Å²) in [6, 6.07) is 18.1. The molecule has 0 aliphatic heterocycles. The topological polar surface area (TPSA) is 84.2 Å². The normalized spacial score (nSPS) is 11.2. The predicted molar refractivity (Wildman–Crippen MR) is 110 cm³/mol. The molecule has 2 aromatic carbocycles.